The van der Waals surface area contributed by atoms with Gasteiger partial charge in [0.25, 0.3) is 5.91 Å². The summed E-state index contributed by atoms with van der Waals surface area (Å²) in [6, 6.07) is 12.2. The molecule has 0 aliphatic carbocycles. The molecule has 4 nitrogen and oxygen atoms in total. The Morgan fingerprint density at radius 3 is 2.54 bits per heavy atom. The first-order valence-corrected chi connectivity index (χ1v) is 9.88. The number of nitrogens with zero attached hydrogens (tertiary/aromatic N) is 1. The SMILES string of the molecule is Cc1ccccc1C[NH+]1CCN(C(=O)C[NH2+][C@H](C)c2ccc(F)c(F)c2)CC1. The van der Waals surface area contributed by atoms with Crippen molar-refractivity contribution in [1.82, 2.24) is 4.90 Å². The molecule has 0 radical (unpaired) electrons. The Balaban J connectivity index is 1.44. The Morgan fingerprint density at radius 1 is 1.14 bits per heavy atom. The van der Waals surface area contributed by atoms with Gasteiger partial charge in [-0.2, -0.15) is 0 Å². The lowest BCUT2D eigenvalue weighted by Gasteiger charge is -2.32. The molecular formula is C22H29F2N3O+2. The summed E-state index contributed by atoms with van der Waals surface area (Å²) in [6.45, 7) is 8.74. The number of hydrogen-bond donors (Lipinski definition) is 2. The van der Waals surface area contributed by atoms with E-state index in [2.05, 4.69) is 31.2 Å². The van der Waals surface area contributed by atoms with Crippen molar-refractivity contribution in [2.45, 2.75) is 26.4 Å². The van der Waals surface area contributed by atoms with Gasteiger partial charge in [-0.15, -0.1) is 0 Å². The molecule has 1 atom stereocenters. The second-order valence-electron chi connectivity index (χ2n) is 7.64. The van der Waals surface area contributed by atoms with E-state index in [4.69, 9.17) is 0 Å². The zero-order valence-corrected chi connectivity index (χ0v) is 16.6. The van der Waals surface area contributed by atoms with Crippen LogP contribution in [-0.2, 0) is 11.3 Å². The van der Waals surface area contributed by atoms with Gasteiger partial charge in [-0.1, -0.05) is 24.3 Å². The summed E-state index contributed by atoms with van der Waals surface area (Å²) in [6.07, 6.45) is 0. The number of nitrogens with one attached hydrogen (secondary N) is 1. The van der Waals surface area contributed by atoms with E-state index in [-0.39, 0.29) is 11.9 Å². The topological polar surface area (TPSA) is 41.4 Å². The van der Waals surface area contributed by atoms with Crippen LogP contribution in [0.5, 0.6) is 0 Å². The number of amides is 1. The van der Waals surface area contributed by atoms with Crippen molar-refractivity contribution in [1.29, 1.82) is 0 Å². The molecule has 0 aromatic heterocycles. The van der Waals surface area contributed by atoms with E-state index in [9.17, 15) is 13.6 Å². The largest absolute Gasteiger partial charge is 0.333 e. The smallest absolute Gasteiger partial charge is 0.278 e. The molecule has 3 N–H and O–H groups in total. The number of benzene rings is 2. The van der Waals surface area contributed by atoms with Crippen LogP contribution >= 0.6 is 0 Å². The highest BCUT2D eigenvalue weighted by Crippen LogP contribution is 2.13. The second kappa shape index (κ2) is 9.26. The van der Waals surface area contributed by atoms with Crippen LogP contribution in [0.3, 0.4) is 0 Å². The number of rotatable bonds is 6. The van der Waals surface area contributed by atoms with Crippen LogP contribution in [0.15, 0.2) is 42.5 Å². The van der Waals surface area contributed by atoms with E-state index in [1.165, 1.54) is 22.1 Å². The fourth-order valence-corrected chi connectivity index (χ4v) is 3.67. The number of piperazine rings is 1. The van der Waals surface area contributed by atoms with Gasteiger partial charge in [0.2, 0.25) is 0 Å². The molecule has 0 spiro atoms. The number of halogens is 2. The minimum atomic E-state index is -0.850. The van der Waals surface area contributed by atoms with Gasteiger partial charge < -0.3 is 15.1 Å². The summed E-state index contributed by atoms with van der Waals surface area (Å²) >= 11 is 0. The maximum absolute atomic E-state index is 13.4. The van der Waals surface area contributed by atoms with E-state index >= 15 is 0 Å². The van der Waals surface area contributed by atoms with Crippen molar-refractivity contribution in [3.63, 3.8) is 0 Å². The first-order chi connectivity index (χ1) is 13.4. The van der Waals surface area contributed by atoms with Crippen molar-refractivity contribution in [3.05, 3.63) is 70.8 Å². The average Bonchev–Trinajstić information content (AvgIpc) is 2.70. The van der Waals surface area contributed by atoms with Crippen molar-refractivity contribution < 1.29 is 23.8 Å². The molecule has 1 fully saturated rings. The number of carbonyl (C=O) groups excluding carboxylic acids is 1. The first-order valence-electron chi connectivity index (χ1n) is 9.88. The minimum absolute atomic E-state index is 0.101. The zero-order chi connectivity index (χ0) is 20.1. The Bertz CT molecular complexity index is 819. The van der Waals surface area contributed by atoms with Crippen molar-refractivity contribution in [3.8, 4) is 0 Å². The molecule has 6 heteroatoms. The highest BCUT2D eigenvalue weighted by molar-refractivity contribution is 5.77. The van der Waals surface area contributed by atoms with Crippen LogP contribution in [0.4, 0.5) is 8.78 Å². The number of quaternary nitrogens is 2. The van der Waals surface area contributed by atoms with Crippen LogP contribution in [0.25, 0.3) is 0 Å². The molecule has 0 bridgehead atoms. The molecule has 1 saturated heterocycles. The maximum atomic E-state index is 13.4. The van der Waals surface area contributed by atoms with Gasteiger partial charge in [0.15, 0.2) is 18.2 Å². The lowest BCUT2D eigenvalue weighted by Crippen LogP contribution is -3.13. The third kappa shape index (κ3) is 5.14. The third-order valence-electron chi connectivity index (χ3n) is 5.64. The number of nitrogens with two attached hydrogens (primary N) is 1. The van der Waals surface area contributed by atoms with Gasteiger partial charge in [-0.05, 0) is 37.6 Å². The summed E-state index contributed by atoms with van der Waals surface area (Å²) in [5.41, 5.74) is 3.36. The fourth-order valence-electron chi connectivity index (χ4n) is 3.67. The predicted octanol–water partition coefficient (Wildman–Crippen LogP) is 0.825. The van der Waals surface area contributed by atoms with Crippen LogP contribution < -0.4 is 10.2 Å². The van der Waals surface area contributed by atoms with E-state index in [0.29, 0.717) is 12.1 Å². The highest BCUT2D eigenvalue weighted by Gasteiger charge is 2.25. The average molecular weight is 389 g/mol. The molecule has 28 heavy (non-hydrogen) atoms. The molecule has 1 aliphatic rings. The molecule has 2 aromatic rings. The van der Waals surface area contributed by atoms with Gasteiger partial charge in [-0.25, -0.2) is 8.78 Å². The Kier molecular flexibility index (Phi) is 6.75. The molecule has 1 heterocycles. The van der Waals surface area contributed by atoms with Gasteiger partial charge >= 0.3 is 0 Å². The molecule has 1 aliphatic heterocycles. The third-order valence-corrected chi connectivity index (χ3v) is 5.64. The van der Waals surface area contributed by atoms with Gasteiger partial charge in [0.1, 0.15) is 12.6 Å². The summed E-state index contributed by atoms with van der Waals surface area (Å²) in [7, 11) is 0. The minimum Gasteiger partial charge on any atom is -0.333 e. The summed E-state index contributed by atoms with van der Waals surface area (Å²) in [5.74, 6) is -1.60. The van der Waals surface area contributed by atoms with E-state index < -0.39 is 11.6 Å². The Hall–Kier alpha value is -2.31. The summed E-state index contributed by atoms with van der Waals surface area (Å²) in [5, 5.41) is 1.88. The van der Waals surface area contributed by atoms with Crippen LogP contribution in [0.1, 0.15) is 29.7 Å². The van der Waals surface area contributed by atoms with Crippen LogP contribution in [0, 0.1) is 18.6 Å². The van der Waals surface area contributed by atoms with Gasteiger partial charge in [0, 0.05) is 11.1 Å². The molecule has 3 rings (SSSR count). The van der Waals surface area contributed by atoms with Crippen LogP contribution in [0.2, 0.25) is 0 Å². The van der Waals surface area contributed by atoms with E-state index in [1.807, 2.05) is 17.1 Å². The maximum Gasteiger partial charge on any atom is 0.278 e. The standard InChI is InChI=1S/C22H27F2N3O/c1-16-5-3-4-6-19(16)15-26-9-11-27(12-10-26)22(28)14-25-17(2)18-7-8-20(23)21(24)13-18/h3-8,13,17,25H,9-12,14-15H2,1-2H3/p+2/t17-/m1/s1. The molecule has 2 aromatic carbocycles. The first kappa shape index (κ1) is 20.4. The lowest BCUT2D eigenvalue weighted by atomic mass is 10.1. The van der Waals surface area contributed by atoms with Gasteiger partial charge in [0.05, 0.1) is 26.2 Å². The predicted molar refractivity (Wildman–Crippen MR) is 104 cm³/mol. The highest BCUT2D eigenvalue weighted by atomic mass is 19.2. The van der Waals surface area contributed by atoms with E-state index in [0.717, 1.165) is 38.8 Å². The lowest BCUT2D eigenvalue weighted by molar-refractivity contribution is -0.917. The summed E-state index contributed by atoms with van der Waals surface area (Å²) in [4.78, 5) is 15.9. The monoisotopic (exact) mass is 389 g/mol. The number of hydrogen-bond acceptors (Lipinski definition) is 1. The zero-order valence-electron chi connectivity index (χ0n) is 16.6. The molecule has 150 valence electrons. The Labute approximate surface area is 165 Å². The summed E-state index contributed by atoms with van der Waals surface area (Å²) < 4.78 is 26.4. The van der Waals surface area contributed by atoms with Gasteiger partial charge in [-0.3, -0.25) is 4.79 Å². The molecule has 1 amide bonds. The second-order valence-corrected chi connectivity index (χ2v) is 7.64. The molecule has 0 saturated carbocycles. The normalized spacial score (nSPS) is 16.2. The van der Waals surface area contributed by atoms with E-state index in [1.54, 1.807) is 6.07 Å². The van der Waals surface area contributed by atoms with Crippen LogP contribution in [-0.4, -0.2) is 43.5 Å². The molecule has 0 unspecified atom stereocenters. The quantitative estimate of drug-likeness (QED) is 0.755. The fraction of sp³-hybridized carbons (Fsp3) is 0.409. The number of aryl methyl sites for hydroxylation is 1. The van der Waals surface area contributed by atoms with Crippen molar-refractivity contribution in [2.75, 3.05) is 32.7 Å². The van der Waals surface area contributed by atoms with Crippen molar-refractivity contribution >= 4 is 5.91 Å². The molecular weight excluding hydrogens is 360 g/mol. The number of carbonyl (C=O) groups is 1. The Morgan fingerprint density at radius 2 is 1.86 bits per heavy atom. The van der Waals surface area contributed by atoms with Crippen molar-refractivity contribution in [2.24, 2.45) is 0 Å².